The summed E-state index contributed by atoms with van der Waals surface area (Å²) in [5, 5.41) is 2.49. The minimum absolute atomic E-state index is 0.179. The van der Waals surface area contributed by atoms with Gasteiger partial charge in [-0.1, -0.05) is 42.5 Å². The first kappa shape index (κ1) is 12.8. The molecular formula is C17H17N3. The van der Waals surface area contributed by atoms with Crippen LogP contribution in [0.5, 0.6) is 0 Å². The van der Waals surface area contributed by atoms with Crippen molar-refractivity contribution in [3.63, 3.8) is 0 Å². The Labute approximate surface area is 118 Å². The van der Waals surface area contributed by atoms with Gasteiger partial charge in [0, 0.05) is 12.4 Å². The highest BCUT2D eigenvalue weighted by atomic mass is 14.9. The first-order valence-corrected chi connectivity index (χ1v) is 6.75. The van der Waals surface area contributed by atoms with Crippen LogP contribution in [0.1, 0.15) is 23.0 Å². The molecule has 0 saturated carbocycles. The lowest BCUT2D eigenvalue weighted by atomic mass is 9.99. The van der Waals surface area contributed by atoms with Gasteiger partial charge in [-0.15, -0.1) is 0 Å². The maximum absolute atomic E-state index is 6.24. The summed E-state index contributed by atoms with van der Waals surface area (Å²) < 4.78 is 0. The van der Waals surface area contributed by atoms with Crippen molar-refractivity contribution < 1.29 is 0 Å². The van der Waals surface area contributed by atoms with Crippen LogP contribution in [0.2, 0.25) is 0 Å². The molecule has 0 bridgehead atoms. The van der Waals surface area contributed by atoms with Crippen LogP contribution in [0.25, 0.3) is 10.8 Å². The van der Waals surface area contributed by atoms with Crippen LogP contribution in [-0.4, -0.2) is 9.97 Å². The average Bonchev–Trinajstić information content (AvgIpc) is 2.48. The second kappa shape index (κ2) is 5.39. The van der Waals surface area contributed by atoms with Gasteiger partial charge >= 0.3 is 0 Å². The molecule has 1 unspecified atom stereocenters. The summed E-state index contributed by atoms with van der Waals surface area (Å²) >= 11 is 0. The Morgan fingerprint density at radius 1 is 1.00 bits per heavy atom. The van der Waals surface area contributed by atoms with Crippen LogP contribution in [0.15, 0.2) is 54.9 Å². The number of hydrogen-bond donors (Lipinski definition) is 1. The Morgan fingerprint density at radius 3 is 2.50 bits per heavy atom. The third-order valence-electron chi connectivity index (χ3n) is 3.45. The van der Waals surface area contributed by atoms with Crippen molar-refractivity contribution in [3.8, 4) is 0 Å². The molecule has 0 aliphatic carbocycles. The topological polar surface area (TPSA) is 51.8 Å². The molecule has 20 heavy (non-hydrogen) atoms. The highest BCUT2D eigenvalue weighted by Crippen LogP contribution is 2.22. The van der Waals surface area contributed by atoms with Crippen LogP contribution < -0.4 is 5.73 Å². The van der Waals surface area contributed by atoms with Gasteiger partial charge in [0.25, 0.3) is 0 Å². The standard InChI is InChI=1S/C17H17N3/c1-12-10-19-17(20-11-12)16(18)9-14-7-4-6-13-5-2-3-8-15(13)14/h2-8,10-11,16H,9,18H2,1H3. The van der Waals surface area contributed by atoms with Crippen molar-refractivity contribution in [1.29, 1.82) is 0 Å². The van der Waals surface area contributed by atoms with Crippen molar-refractivity contribution >= 4 is 10.8 Å². The molecule has 2 aromatic carbocycles. The zero-order chi connectivity index (χ0) is 13.9. The fourth-order valence-corrected chi connectivity index (χ4v) is 2.39. The van der Waals surface area contributed by atoms with E-state index in [1.807, 2.05) is 19.3 Å². The lowest BCUT2D eigenvalue weighted by Gasteiger charge is -2.12. The molecule has 0 saturated heterocycles. The van der Waals surface area contributed by atoms with E-state index in [-0.39, 0.29) is 6.04 Å². The number of aryl methyl sites for hydroxylation is 1. The van der Waals surface area contributed by atoms with E-state index in [2.05, 4.69) is 52.4 Å². The second-order valence-corrected chi connectivity index (χ2v) is 5.07. The van der Waals surface area contributed by atoms with Crippen molar-refractivity contribution in [1.82, 2.24) is 9.97 Å². The zero-order valence-electron chi connectivity index (χ0n) is 11.5. The Hall–Kier alpha value is -2.26. The molecule has 0 fully saturated rings. The van der Waals surface area contributed by atoms with Crippen LogP contribution in [0.4, 0.5) is 0 Å². The zero-order valence-corrected chi connectivity index (χ0v) is 11.5. The molecule has 2 N–H and O–H groups in total. The molecule has 0 amide bonds. The normalized spacial score (nSPS) is 12.5. The predicted octanol–water partition coefficient (Wildman–Crippen LogP) is 3.18. The molecular weight excluding hydrogens is 246 g/mol. The minimum Gasteiger partial charge on any atom is -0.321 e. The Bertz CT molecular complexity index is 714. The molecule has 3 rings (SSSR count). The van der Waals surface area contributed by atoms with Gasteiger partial charge in [-0.2, -0.15) is 0 Å². The SMILES string of the molecule is Cc1cnc(C(N)Cc2cccc3ccccc23)nc1. The number of aromatic nitrogens is 2. The molecule has 3 nitrogen and oxygen atoms in total. The molecule has 3 aromatic rings. The molecule has 1 aromatic heterocycles. The summed E-state index contributed by atoms with van der Waals surface area (Å²) in [5.74, 6) is 0.698. The molecule has 0 spiro atoms. The van der Waals surface area contributed by atoms with Gasteiger partial charge in [0.1, 0.15) is 5.82 Å². The quantitative estimate of drug-likeness (QED) is 0.789. The van der Waals surface area contributed by atoms with Gasteiger partial charge in [0.2, 0.25) is 0 Å². The predicted molar refractivity (Wildman–Crippen MR) is 81.3 cm³/mol. The van der Waals surface area contributed by atoms with Crippen LogP contribution in [0, 0.1) is 6.92 Å². The van der Waals surface area contributed by atoms with Crippen molar-refractivity contribution in [2.24, 2.45) is 5.73 Å². The van der Waals surface area contributed by atoms with Gasteiger partial charge < -0.3 is 5.73 Å². The van der Waals surface area contributed by atoms with Crippen LogP contribution in [-0.2, 0) is 6.42 Å². The van der Waals surface area contributed by atoms with Gasteiger partial charge in [-0.25, -0.2) is 9.97 Å². The number of nitrogens with two attached hydrogens (primary N) is 1. The lowest BCUT2D eigenvalue weighted by molar-refractivity contribution is 0.668. The summed E-state index contributed by atoms with van der Waals surface area (Å²) in [7, 11) is 0. The summed E-state index contributed by atoms with van der Waals surface area (Å²) in [6.07, 6.45) is 4.36. The Morgan fingerprint density at radius 2 is 1.70 bits per heavy atom. The summed E-state index contributed by atoms with van der Waals surface area (Å²) in [5.41, 5.74) is 8.53. The number of hydrogen-bond acceptors (Lipinski definition) is 3. The Kier molecular flexibility index (Phi) is 3.44. The van der Waals surface area contributed by atoms with E-state index in [0.29, 0.717) is 5.82 Å². The van der Waals surface area contributed by atoms with Crippen molar-refractivity contribution in [2.45, 2.75) is 19.4 Å². The molecule has 0 aliphatic rings. The average molecular weight is 263 g/mol. The van der Waals surface area contributed by atoms with E-state index < -0.39 is 0 Å². The van der Waals surface area contributed by atoms with E-state index in [1.54, 1.807) is 0 Å². The number of fused-ring (bicyclic) bond motifs is 1. The molecule has 1 atom stereocenters. The number of benzene rings is 2. The third kappa shape index (κ3) is 2.53. The first-order valence-electron chi connectivity index (χ1n) is 6.75. The molecule has 0 radical (unpaired) electrons. The summed E-state index contributed by atoms with van der Waals surface area (Å²) in [6.45, 7) is 1.97. The maximum Gasteiger partial charge on any atom is 0.145 e. The molecule has 1 heterocycles. The lowest BCUT2D eigenvalue weighted by Crippen LogP contribution is -2.16. The van der Waals surface area contributed by atoms with Crippen LogP contribution >= 0.6 is 0 Å². The molecule has 3 heteroatoms. The fraction of sp³-hybridized carbons (Fsp3) is 0.176. The minimum atomic E-state index is -0.179. The second-order valence-electron chi connectivity index (χ2n) is 5.07. The van der Waals surface area contributed by atoms with E-state index >= 15 is 0 Å². The summed E-state index contributed by atoms with van der Waals surface area (Å²) in [4.78, 5) is 8.64. The first-order chi connectivity index (χ1) is 9.74. The monoisotopic (exact) mass is 263 g/mol. The summed E-state index contributed by atoms with van der Waals surface area (Å²) in [6, 6.07) is 14.5. The van der Waals surface area contributed by atoms with Gasteiger partial charge in [0.05, 0.1) is 6.04 Å². The van der Waals surface area contributed by atoms with E-state index in [4.69, 9.17) is 5.73 Å². The molecule has 0 aliphatic heterocycles. The van der Waals surface area contributed by atoms with Gasteiger partial charge in [-0.05, 0) is 35.2 Å². The largest absolute Gasteiger partial charge is 0.321 e. The maximum atomic E-state index is 6.24. The van der Waals surface area contributed by atoms with Gasteiger partial charge in [-0.3, -0.25) is 0 Å². The van der Waals surface area contributed by atoms with Crippen molar-refractivity contribution in [2.75, 3.05) is 0 Å². The van der Waals surface area contributed by atoms with E-state index in [0.717, 1.165) is 12.0 Å². The van der Waals surface area contributed by atoms with Crippen molar-refractivity contribution in [3.05, 3.63) is 71.8 Å². The smallest absolute Gasteiger partial charge is 0.145 e. The third-order valence-corrected chi connectivity index (χ3v) is 3.45. The van der Waals surface area contributed by atoms with E-state index in [1.165, 1.54) is 16.3 Å². The fourth-order valence-electron chi connectivity index (χ4n) is 2.39. The van der Waals surface area contributed by atoms with Gasteiger partial charge in [0.15, 0.2) is 0 Å². The number of rotatable bonds is 3. The highest BCUT2D eigenvalue weighted by molar-refractivity contribution is 5.85. The van der Waals surface area contributed by atoms with Crippen LogP contribution in [0.3, 0.4) is 0 Å². The molecule has 100 valence electrons. The highest BCUT2D eigenvalue weighted by Gasteiger charge is 2.11. The van der Waals surface area contributed by atoms with E-state index in [9.17, 15) is 0 Å². The Balaban J connectivity index is 1.91. The number of nitrogens with zero attached hydrogens (tertiary/aromatic N) is 2.